The van der Waals surface area contributed by atoms with Crippen LogP contribution in [0.5, 0.6) is 11.6 Å². The summed E-state index contributed by atoms with van der Waals surface area (Å²) in [4.78, 5) is 33.2. The summed E-state index contributed by atoms with van der Waals surface area (Å²) >= 11 is 0. The molecule has 0 saturated carbocycles. The number of carbonyl (C=O) groups is 1. The van der Waals surface area contributed by atoms with E-state index >= 15 is 0 Å². The van der Waals surface area contributed by atoms with Gasteiger partial charge in [0, 0.05) is 54.4 Å². The van der Waals surface area contributed by atoms with E-state index in [-0.39, 0.29) is 11.7 Å². The van der Waals surface area contributed by atoms with E-state index in [1.807, 2.05) is 54.6 Å². The summed E-state index contributed by atoms with van der Waals surface area (Å²) in [5, 5.41) is 9.66. The lowest BCUT2D eigenvalue weighted by Crippen LogP contribution is -2.31. The minimum absolute atomic E-state index is 0.0451. The second-order valence-corrected chi connectivity index (χ2v) is 12.5. The maximum Gasteiger partial charge on any atom is 0.335 e. The number of aromatic carboxylic acids is 1. The fourth-order valence-corrected chi connectivity index (χ4v) is 6.46. The number of carboxylic acid groups (broad SMARTS) is 1. The molecule has 10 nitrogen and oxygen atoms in total. The Labute approximate surface area is 286 Å². The van der Waals surface area contributed by atoms with Crippen molar-refractivity contribution in [2.45, 2.75) is 44.9 Å². The van der Waals surface area contributed by atoms with Crippen LogP contribution in [-0.4, -0.2) is 49.5 Å². The number of rotatable bonds is 6. The van der Waals surface area contributed by atoms with Gasteiger partial charge in [-0.2, -0.15) is 0 Å². The molecule has 2 aliphatic rings. The first kappa shape index (κ1) is 31.5. The largest absolute Gasteiger partial charge is 0.493 e. The lowest BCUT2D eigenvalue weighted by molar-refractivity contribution is -0.0589. The Morgan fingerprint density at radius 1 is 0.960 bits per heavy atom. The van der Waals surface area contributed by atoms with Gasteiger partial charge in [-0.05, 0) is 72.9 Å². The zero-order valence-corrected chi connectivity index (χ0v) is 27.0. The third-order valence-electron chi connectivity index (χ3n) is 9.27. The van der Waals surface area contributed by atoms with Gasteiger partial charge in [0.2, 0.25) is 11.3 Å². The van der Waals surface area contributed by atoms with Crippen LogP contribution in [0.25, 0.3) is 28.0 Å². The first-order valence-electron chi connectivity index (χ1n) is 16.6. The minimum atomic E-state index is -0.987. The van der Waals surface area contributed by atoms with Gasteiger partial charge < -0.3 is 28.5 Å². The molecule has 6 aromatic rings. The smallest absolute Gasteiger partial charge is 0.335 e. The van der Waals surface area contributed by atoms with Crippen molar-refractivity contribution < 1.29 is 28.5 Å². The molecule has 11 heteroatoms. The zero-order chi connectivity index (χ0) is 34.2. The molecular weight excluding hydrogens is 639 g/mol. The summed E-state index contributed by atoms with van der Waals surface area (Å²) in [5.74, 6) is 0.176. The quantitative estimate of drug-likeness (QED) is 0.217. The van der Waals surface area contributed by atoms with E-state index in [1.54, 1.807) is 29.0 Å². The molecule has 8 rings (SSSR count). The van der Waals surface area contributed by atoms with Crippen molar-refractivity contribution in [1.29, 1.82) is 0 Å². The molecule has 1 fully saturated rings. The standard InChI is InChI=1S/C39H33FN4O6/c40-31-22-43(14-12-35(31)45)29-10-8-28-23-50-38-5-1-4-32(42-38)25-6-7-26(36(19-25)49-15-2-3-24(28)17-29)20-37-41-33-11-9-27(39(46)47)18-34(33)44(37)21-30-13-16-48-30/h1,4-12,14,17-19,22,30H,2-3,13,15-16,20-21,23H2,(H,46,47)/t30-/m0/s1. The van der Waals surface area contributed by atoms with E-state index in [4.69, 9.17) is 24.2 Å². The number of pyridine rings is 2. The van der Waals surface area contributed by atoms with Crippen molar-refractivity contribution in [1.82, 2.24) is 19.1 Å². The fourth-order valence-electron chi connectivity index (χ4n) is 6.46. The van der Waals surface area contributed by atoms with Gasteiger partial charge in [-0.25, -0.2) is 19.2 Å². The number of benzene rings is 3. The normalized spacial score (nSPS) is 15.7. The van der Waals surface area contributed by atoms with Crippen LogP contribution < -0.4 is 14.9 Å². The molecule has 4 bridgehead atoms. The highest BCUT2D eigenvalue weighted by atomic mass is 19.1. The molecule has 2 aliphatic heterocycles. The van der Waals surface area contributed by atoms with E-state index in [0.717, 1.165) is 56.9 Å². The highest BCUT2D eigenvalue weighted by Crippen LogP contribution is 2.32. The van der Waals surface area contributed by atoms with Crippen molar-refractivity contribution in [3.63, 3.8) is 0 Å². The van der Waals surface area contributed by atoms with Gasteiger partial charge in [-0.15, -0.1) is 0 Å². The number of nitrogens with zero attached hydrogens (tertiary/aromatic N) is 4. The second-order valence-electron chi connectivity index (χ2n) is 12.5. The molecule has 0 aliphatic carbocycles. The Morgan fingerprint density at radius 2 is 1.86 bits per heavy atom. The molecule has 3 aromatic carbocycles. The Balaban J connectivity index is 1.13. The number of aryl methyl sites for hydroxylation is 1. The van der Waals surface area contributed by atoms with Crippen LogP contribution in [-0.2, 0) is 30.7 Å². The Kier molecular flexibility index (Phi) is 8.33. The van der Waals surface area contributed by atoms with Gasteiger partial charge in [0.15, 0.2) is 5.82 Å². The topological polar surface area (TPSA) is 118 Å². The lowest BCUT2D eigenvalue weighted by atomic mass is 10.0. The number of imidazole rings is 1. The summed E-state index contributed by atoms with van der Waals surface area (Å²) in [7, 11) is 0. The number of carboxylic acids is 1. The number of aromatic nitrogens is 4. The first-order valence-corrected chi connectivity index (χ1v) is 16.6. The third-order valence-corrected chi connectivity index (χ3v) is 9.27. The van der Waals surface area contributed by atoms with Gasteiger partial charge in [0.05, 0.1) is 41.5 Å². The summed E-state index contributed by atoms with van der Waals surface area (Å²) in [6.45, 7) is 2.02. The Morgan fingerprint density at radius 3 is 2.68 bits per heavy atom. The van der Waals surface area contributed by atoms with Crippen LogP contribution in [0.4, 0.5) is 4.39 Å². The van der Waals surface area contributed by atoms with Crippen molar-refractivity contribution in [2.75, 3.05) is 13.2 Å². The summed E-state index contributed by atoms with van der Waals surface area (Å²) in [6, 6.07) is 23.7. The number of halogens is 1. The molecule has 50 heavy (non-hydrogen) atoms. The molecule has 1 atom stereocenters. The first-order chi connectivity index (χ1) is 24.4. The van der Waals surface area contributed by atoms with Gasteiger partial charge in [-0.3, -0.25) is 4.79 Å². The SMILES string of the molecule is O=C(O)c1ccc2nc(Cc3ccc4cc3OCCCc3cc(-n5ccc(=O)c(F)c5)ccc3COc3cccc-4n3)n(C[C@@H]3CCO3)c2c1. The van der Waals surface area contributed by atoms with Gasteiger partial charge in [-0.1, -0.05) is 24.3 Å². The third kappa shape index (κ3) is 6.35. The van der Waals surface area contributed by atoms with Gasteiger partial charge in [0.25, 0.3) is 0 Å². The molecule has 0 amide bonds. The minimum Gasteiger partial charge on any atom is -0.493 e. The monoisotopic (exact) mass is 672 g/mol. The summed E-state index contributed by atoms with van der Waals surface area (Å²) in [5.41, 5.74) is 6.30. The number of ether oxygens (including phenoxy) is 3. The molecule has 252 valence electrons. The molecule has 5 heterocycles. The van der Waals surface area contributed by atoms with E-state index < -0.39 is 17.2 Å². The highest BCUT2D eigenvalue weighted by molar-refractivity contribution is 5.92. The van der Waals surface area contributed by atoms with Crippen molar-refractivity contribution in [3.05, 3.63) is 135 Å². The molecule has 1 saturated heterocycles. The van der Waals surface area contributed by atoms with Crippen LogP contribution in [0.15, 0.2) is 96.1 Å². The highest BCUT2D eigenvalue weighted by Gasteiger charge is 2.23. The van der Waals surface area contributed by atoms with Crippen LogP contribution in [0, 0.1) is 5.82 Å². The predicted octanol–water partition coefficient (Wildman–Crippen LogP) is 6.37. The molecule has 3 aromatic heterocycles. The number of fused-ring (bicyclic) bond motifs is 7. The van der Waals surface area contributed by atoms with Gasteiger partial charge >= 0.3 is 5.97 Å². The molecule has 1 N–H and O–H groups in total. The van der Waals surface area contributed by atoms with E-state index in [9.17, 15) is 19.1 Å². The van der Waals surface area contributed by atoms with Gasteiger partial charge in [0.1, 0.15) is 18.2 Å². The van der Waals surface area contributed by atoms with Crippen molar-refractivity contribution in [2.24, 2.45) is 0 Å². The molecular formula is C39H33FN4O6. The van der Waals surface area contributed by atoms with Crippen molar-refractivity contribution >= 4 is 17.0 Å². The van der Waals surface area contributed by atoms with Crippen LogP contribution in [0.2, 0.25) is 0 Å². The fraction of sp³-hybridized carbons (Fsp3) is 0.231. The maximum atomic E-state index is 14.1. The maximum absolute atomic E-state index is 14.1. The number of hydrogen-bond acceptors (Lipinski definition) is 7. The average Bonchev–Trinajstić information content (AvgIpc) is 3.44. The average molecular weight is 673 g/mol. The molecule has 0 spiro atoms. The summed E-state index contributed by atoms with van der Waals surface area (Å²) in [6.07, 6.45) is 5.54. The molecule has 0 unspecified atom stereocenters. The van der Waals surface area contributed by atoms with Crippen LogP contribution >= 0.6 is 0 Å². The van der Waals surface area contributed by atoms with E-state index in [0.29, 0.717) is 57.3 Å². The molecule has 0 radical (unpaired) electrons. The van der Waals surface area contributed by atoms with E-state index in [1.165, 1.54) is 12.3 Å². The number of hydrogen-bond donors (Lipinski definition) is 1. The van der Waals surface area contributed by atoms with Crippen LogP contribution in [0.3, 0.4) is 0 Å². The Hall–Kier alpha value is -5.81. The second kappa shape index (κ2) is 13.2. The summed E-state index contributed by atoms with van der Waals surface area (Å²) < 4.78 is 36.2. The Bertz CT molecular complexity index is 2310. The lowest BCUT2D eigenvalue weighted by Gasteiger charge is -2.27. The predicted molar refractivity (Wildman–Crippen MR) is 184 cm³/mol. The van der Waals surface area contributed by atoms with E-state index in [2.05, 4.69) is 4.57 Å². The van der Waals surface area contributed by atoms with Crippen molar-refractivity contribution in [3.8, 4) is 28.6 Å². The zero-order valence-electron chi connectivity index (χ0n) is 27.0. The van der Waals surface area contributed by atoms with Crippen LogP contribution in [0.1, 0.15) is 45.7 Å².